The van der Waals surface area contributed by atoms with E-state index in [2.05, 4.69) is 22.4 Å². The molecule has 0 aliphatic carbocycles. The number of pyridine rings is 1. The number of nitrogens with zero attached hydrogens (tertiary/aromatic N) is 1. The fourth-order valence-electron chi connectivity index (χ4n) is 2.75. The Labute approximate surface area is 148 Å². The molecule has 1 heterocycles. The van der Waals surface area contributed by atoms with Crippen LogP contribution in [0.2, 0.25) is 0 Å². The molecule has 4 heteroatoms. The zero-order chi connectivity index (χ0) is 17.5. The Hall–Kier alpha value is -2.85. The molecule has 1 atom stereocenters. The molecule has 0 aliphatic rings. The van der Waals surface area contributed by atoms with Crippen molar-refractivity contribution in [1.29, 1.82) is 0 Å². The van der Waals surface area contributed by atoms with E-state index in [9.17, 15) is 0 Å². The van der Waals surface area contributed by atoms with Crippen LogP contribution >= 0.6 is 0 Å². The Balaban J connectivity index is 1.94. The maximum Gasteiger partial charge on any atom is 0.122 e. The molecule has 25 heavy (non-hydrogen) atoms. The first-order valence-corrected chi connectivity index (χ1v) is 8.21. The lowest BCUT2D eigenvalue weighted by Crippen LogP contribution is -2.23. The van der Waals surface area contributed by atoms with E-state index < -0.39 is 0 Å². The number of aromatic nitrogens is 1. The van der Waals surface area contributed by atoms with Crippen LogP contribution in [-0.2, 0) is 6.54 Å². The summed E-state index contributed by atoms with van der Waals surface area (Å²) in [6, 6.07) is 22.1. The highest BCUT2D eigenvalue weighted by Gasteiger charge is 2.17. The monoisotopic (exact) mass is 334 g/mol. The summed E-state index contributed by atoms with van der Waals surface area (Å²) >= 11 is 0. The van der Waals surface area contributed by atoms with Crippen LogP contribution in [0.4, 0.5) is 0 Å². The number of benzene rings is 2. The third kappa shape index (κ3) is 4.37. The van der Waals surface area contributed by atoms with Crippen LogP contribution in [0.3, 0.4) is 0 Å². The van der Waals surface area contributed by atoms with Gasteiger partial charge in [-0.15, -0.1) is 0 Å². The molecule has 2 aromatic carbocycles. The van der Waals surface area contributed by atoms with Gasteiger partial charge in [-0.05, 0) is 35.4 Å². The first-order chi connectivity index (χ1) is 12.3. The van der Waals surface area contributed by atoms with Gasteiger partial charge < -0.3 is 14.8 Å². The molecule has 0 unspecified atom stereocenters. The van der Waals surface area contributed by atoms with E-state index in [1.54, 1.807) is 14.2 Å². The maximum atomic E-state index is 5.42. The van der Waals surface area contributed by atoms with Crippen molar-refractivity contribution in [3.05, 3.63) is 89.7 Å². The highest BCUT2D eigenvalue weighted by atomic mass is 16.5. The minimum absolute atomic E-state index is 0.0644. The van der Waals surface area contributed by atoms with E-state index in [-0.39, 0.29) is 6.04 Å². The molecule has 3 rings (SSSR count). The van der Waals surface area contributed by atoms with Gasteiger partial charge in [0.25, 0.3) is 0 Å². The molecule has 1 aromatic heterocycles. The van der Waals surface area contributed by atoms with Gasteiger partial charge in [0.1, 0.15) is 11.5 Å². The number of hydrogen-bond donors (Lipinski definition) is 1. The summed E-state index contributed by atoms with van der Waals surface area (Å²) in [4.78, 5) is 4.53. The first-order valence-electron chi connectivity index (χ1n) is 8.21. The average Bonchev–Trinajstić information content (AvgIpc) is 2.69. The van der Waals surface area contributed by atoms with E-state index >= 15 is 0 Å². The lowest BCUT2D eigenvalue weighted by Gasteiger charge is -2.20. The molecule has 1 N–H and O–H groups in total. The quantitative estimate of drug-likeness (QED) is 0.710. The van der Waals surface area contributed by atoms with Crippen LogP contribution < -0.4 is 14.8 Å². The molecule has 0 spiro atoms. The second-order valence-electron chi connectivity index (χ2n) is 5.70. The predicted molar refractivity (Wildman–Crippen MR) is 98.9 cm³/mol. The summed E-state index contributed by atoms with van der Waals surface area (Å²) in [5, 5.41) is 3.60. The van der Waals surface area contributed by atoms with Crippen LogP contribution in [0.25, 0.3) is 0 Å². The van der Waals surface area contributed by atoms with E-state index in [0.29, 0.717) is 0 Å². The Morgan fingerprint density at radius 1 is 0.880 bits per heavy atom. The molecule has 0 saturated carbocycles. The number of nitrogens with one attached hydrogen (secondary N) is 1. The smallest absolute Gasteiger partial charge is 0.122 e. The number of rotatable bonds is 7. The van der Waals surface area contributed by atoms with E-state index in [4.69, 9.17) is 9.47 Å². The largest absolute Gasteiger partial charge is 0.497 e. The van der Waals surface area contributed by atoms with Crippen LogP contribution in [0.15, 0.2) is 72.9 Å². The minimum Gasteiger partial charge on any atom is -0.497 e. The summed E-state index contributed by atoms with van der Waals surface area (Å²) in [5.41, 5.74) is 3.22. The van der Waals surface area contributed by atoms with Crippen molar-refractivity contribution in [3.8, 4) is 11.5 Å². The van der Waals surface area contributed by atoms with Gasteiger partial charge in [-0.25, -0.2) is 0 Å². The second-order valence-corrected chi connectivity index (χ2v) is 5.70. The molecule has 0 radical (unpaired) electrons. The Morgan fingerprint density at radius 2 is 1.56 bits per heavy atom. The normalized spacial score (nSPS) is 11.8. The van der Waals surface area contributed by atoms with Crippen molar-refractivity contribution in [1.82, 2.24) is 10.3 Å². The molecule has 0 fully saturated rings. The topological polar surface area (TPSA) is 43.4 Å². The summed E-state index contributed by atoms with van der Waals surface area (Å²) in [5.74, 6) is 1.52. The highest BCUT2D eigenvalue weighted by Crippen LogP contribution is 2.29. The number of ether oxygens (including phenoxy) is 2. The summed E-state index contributed by atoms with van der Waals surface area (Å²) < 4.78 is 10.8. The van der Waals surface area contributed by atoms with Gasteiger partial charge in [0.05, 0.1) is 26.0 Å². The van der Waals surface area contributed by atoms with Gasteiger partial charge in [-0.1, -0.05) is 36.4 Å². The third-order valence-electron chi connectivity index (χ3n) is 4.04. The summed E-state index contributed by atoms with van der Waals surface area (Å²) in [7, 11) is 3.32. The van der Waals surface area contributed by atoms with Gasteiger partial charge in [0.15, 0.2) is 0 Å². The van der Waals surface area contributed by atoms with E-state index in [0.717, 1.165) is 29.3 Å². The first kappa shape index (κ1) is 17.0. The van der Waals surface area contributed by atoms with Crippen molar-refractivity contribution in [2.75, 3.05) is 14.2 Å². The van der Waals surface area contributed by atoms with Gasteiger partial charge in [0.2, 0.25) is 0 Å². The van der Waals surface area contributed by atoms with Crippen molar-refractivity contribution < 1.29 is 9.47 Å². The predicted octanol–water partition coefficient (Wildman–Crippen LogP) is 3.98. The lowest BCUT2D eigenvalue weighted by atomic mass is 10.0. The summed E-state index contributed by atoms with van der Waals surface area (Å²) in [6.45, 7) is 0.738. The molecule has 0 saturated heterocycles. The SMILES string of the molecule is COc1cc(OC)cc([C@H](NCc2ccccc2)c2ccccn2)c1. The Bertz CT molecular complexity index is 769. The molecule has 4 nitrogen and oxygen atoms in total. The zero-order valence-corrected chi connectivity index (χ0v) is 14.5. The van der Waals surface area contributed by atoms with Crippen LogP contribution in [0, 0.1) is 0 Å². The van der Waals surface area contributed by atoms with Gasteiger partial charge >= 0.3 is 0 Å². The van der Waals surface area contributed by atoms with E-state index in [1.807, 2.05) is 60.8 Å². The zero-order valence-electron chi connectivity index (χ0n) is 14.5. The van der Waals surface area contributed by atoms with Crippen molar-refractivity contribution in [3.63, 3.8) is 0 Å². The second kappa shape index (κ2) is 8.31. The Morgan fingerprint density at radius 3 is 2.16 bits per heavy atom. The fourth-order valence-corrected chi connectivity index (χ4v) is 2.75. The molecule has 0 bridgehead atoms. The Kier molecular flexibility index (Phi) is 5.65. The number of hydrogen-bond acceptors (Lipinski definition) is 4. The molecule has 0 amide bonds. The maximum absolute atomic E-state index is 5.42. The summed E-state index contributed by atoms with van der Waals surface area (Å²) in [6.07, 6.45) is 1.81. The lowest BCUT2D eigenvalue weighted by molar-refractivity contribution is 0.392. The van der Waals surface area contributed by atoms with Crippen LogP contribution in [-0.4, -0.2) is 19.2 Å². The van der Waals surface area contributed by atoms with Gasteiger partial charge in [-0.2, -0.15) is 0 Å². The van der Waals surface area contributed by atoms with Crippen LogP contribution in [0.1, 0.15) is 22.9 Å². The molecule has 3 aromatic rings. The van der Waals surface area contributed by atoms with Crippen molar-refractivity contribution in [2.24, 2.45) is 0 Å². The van der Waals surface area contributed by atoms with Crippen molar-refractivity contribution in [2.45, 2.75) is 12.6 Å². The molecule has 128 valence electrons. The minimum atomic E-state index is -0.0644. The molecular formula is C21H22N2O2. The average molecular weight is 334 g/mol. The fraction of sp³-hybridized carbons (Fsp3) is 0.190. The van der Waals surface area contributed by atoms with Crippen LogP contribution in [0.5, 0.6) is 11.5 Å². The highest BCUT2D eigenvalue weighted by molar-refractivity contribution is 5.42. The van der Waals surface area contributed by atoms with Gasteiger partial charge in [0, 0.05) is 18.8 Å². The molecule has 0 aliphatic heterocycles. The standard InChI is InChI=1S/C21H22N2O2/c1-24-18-12-17(13-19(14-18)25-2)21(20-10-6-7-11-22-20)23-15-16-8-4-3-5-9-16/h3-14,21,23H,15H2,1-2H3/t21-/m0/s1. The number of methoxy groups -OCH3 is 2. The van der Waals surface area contributed by atoms with Gasteiger partial charge in [-0.3, -0.25) is 4.98 Å². The van der Waals surface area contributed by atoms with E-state index in [1.165, 1.54) is 5.56 Å². The third-order valence-corrected chi connectivity index (χ3v) is 4.04. The molecular weight excluding hydrogens is 312 g/mol. The van der Waals surface area contributed by atoms with Crippen molar-refractivity contribution >= 4 is 0 Å².